The minimum atomic E-state index is 0.614. The molecule has 4 bridgehead atoms. The Labute approximate surface area is 102 Å². The molecule has 4 fully saturated rings. The number of nitrogens with zero attached hydrogens (tertiary/aromatic N) is 1. The lowest BCUT2D eigenvalue weighted by atomic mass is 9.52. The van der Waals surface area contributed by atoms with E-state index in [9.17, 15) is 0 Å². The number of alkyl halides is 1. The third-order valence-electron chi connectivity index (χ3n) is 5.24. The van der Waals surface area contributed by atoms with Crippen LogP contribution in [-0.4, -0.2) is 29.4 Å². The Kier molecular flexibility index (Phi) is 2.63. The minimum absolute atomic E-state index is 0.614. The molecular formula is C13H22BrN. The summed E-state index contributed by atoms with van der Waals surface area (Å²) in [7, 11) is 2.36. The fourth-order valence-electron chi connectivity index (χ4n) is 4.90. The highest BCUT2D eigenvalue weighted by Crippen LogP contribution is 2.57. The lowest BCUT2D eigenvalue weighted by molar-refractivity contribution is -0.0767. The van der Waals surface area contributed by atoms with E-state index in [1.54, 1.807) is 19.3 Å². The van der Waals surface area contributed by atoms with Gasteiger partial charge in [-0.25, -0.2) is 0 Å². The van der Waals surface area contributed by atoms with Crippen molar-refractivity contribution in [2.24, 2.45) is 17.8 Å². The third-order valence-corrected chi connectivity index (χ3v) is 5.59. The highest BCUT2D eigenvalue weighted by molar-refractivity contribution is 9.09. The van der Waals surface area contributed by atoms with Gasteiger partial charge >= 0.3 is 0 Å². The van der Waals surface area contributed by atoms with E-state index in [2.05, 4.69) is 27.9 Å². The van der Waals surface area contributed by atoms with Gasteiger partial charge in [0.1, 0.15) is 0 Å². The molecule has 0 aliphatic heterocycles. The van der Waals surface area contributed by atoms with E-state index in [0.717, 1.165) is 23.1 Å². The maximum absolute atomic E-state index is 3.59. The molecule has 1 nitrogen and oxygen atoms in total. The predicted octanol–water partition coefficient (Wildman–Crippen LogP) is 3.28. The number of rotatable bonds is 3. The lowest BCUT2D eigenvalue weighted by Gasteiger charge is -2.60. The molecule has 0 spiro atoms. The summed E-state index contributed by atoms with van der Waals surface area (Å²) in [6.45, 7) is 1.23. The molecule has 0 aromatic heterocycles. The highest BCUT2D eigenvalue weighted by atomic mass is 79.9. The van der Waals surface area contributed by atoms with Crippen molar-refractivity contribution in [3.63, 3.8) is 0 Å². The van der Waals surface area contributed by atoms with Crippen LogP contribution in [0.15, 0.2) is 0 Å². The Balaban J connectivity index is 1.80. The fourth-order valence-corrected chi connectivity index (χ4v) is 5.43. The molecule has 4 aliphatic carbocycles. The molecule has 0 saturated heterocycles. The van der Waals surface area contributed by atoms with Crippen molar-refractivity contribution in [3.05, 3.63) is 0 Å². The normalized spacial score (nSPS) is 47.8. The van der Waals surface area contributed by atoms with Crippen molar-refractivity contribution in [1.82, 2.24) is 4.90 Å². The van der Waals surface area contributed by atoms with Gasteiger partial charge in [-0.05, 0) is 63.3 Å². The Morgan fingerprint density at radius 3 is 1.93 bits per heavy atom. The van der Waals surface area contributed by atoms with Crippen molar-refractivity contribution < 1.29 is 0 Å². The molecule has 4 rings (SSSR count). The van der Waals surface area contributed by atoms with E-state index in [1.165, 1.54) is 25.8 Å². The van der Waals surface area contributed by atoms with Crippen LogP contribution < -0.4 is 0 Å². The predicted molar refractivity (Wildman–Crippen MR) is 67.3 cm³/mol. The van der Waals surface area contributed by atoms with E-state index in [-0.39, 0.29) is 0 Å². The first-order valence-corrected chi connectivity index (χ1v) is 7.61. The molecule has 0 radical (unpaired) electrons. The highest BCUT2D eigenvalue weighted by Gasteiger charge is 2.52. The summed E-state index contributed by atoms with van der Waals surface area (Å²) in [6, 6.07) is 0. The van der Waals surface area contributed by atoms with Crippen molar-refractivity contribution in [2.75, 3.05) is 18.9 Å². The van der Waals surface area contributed by atoms with Crippen molar-refractivity contribution in [2.45, 2.75) is 44.1 Å². The summed E-state index contributed by atoms with van der Waals surface area (Å²) in [5, 5.41) is 1.13. The Morgan fingerprint density at radius 1 is 1.07 bits per heavy atom. The summed E-state index contributed by atoms with van der Waals surface area (Å²) in [5.74, 6) is 3.23. The van der Waals surface area contributed by atoms with Crippen LogP contribution in [-0.2, 0) is 0 Å². The second-order valence-corrected chi connectivity index (χ2v) is 7.05. The van der Waals surface area contributed by atoms with E-state index in [4.69, 9.17) is 0 Å². The Morgan fingerprint density at radius 2 is 1.53 bits per heavy atom. The van der Waals surface area contributed by atoms with Gasteiger partial charge in [-0.3, -0.25) is 4.90 Å². The van der Waals surface area contributed by atoms with E-state index in [1.807, 2.05) is 0 Å². The van der Waals surface area contributed by atoms with Crippen LogP contribution in [0.1, 0.15) is 38.5 Å². The Bertz CT molecular complexity index is 216. The van der Waals surface area contributed by atoms with Crippen molar-refractivity contribution in [1.29, 1.82) is 0 Å². The maximum atomic E-state index is 3.59. The minimum Gasteiger partial charge on any atom is -0.300 e. The van der Waals surface area contributed by atoms with Gasteiger partial charge in [0.25, 0.3) is 0 Å². The van der Waals surface area contributed by atoms with Gasteiger partial charge in [0.15, 0.2) is 0 Å². The van der Waals surface area contributed by atoms with Gasteiger partial charge < -0.3 is 0 Å². The first kappa shape index (κ1) is 10.6. The summed E-state index contributed by atoms with van der Waals surface area (Å²) in [5.41, 5.74) is 0.614. The molecule has 0 heterocycles. The molecule has 0 unspecified atom stereocenters. The second kappa shape index (κ2) is 3.73. The standard InChI is InChI=1S/C13H22BrN/c1-15(3-2-14)13-7-10-4-11(8-13)6-12(5-10)9-13/h10-12H,2-9H2,1H3. The zero-order valence-corrected chi connectivity index (χ0v) is 11.3. The molecule has 0 amide bonds. The average Bonchev–Trinajstić information content (AvgIpc) is 2.15. The molecule has 0 N–H and O–H groups in total. The third kappa shape index (κ3) is 1.68. The van der Waals surface area contributed by atoms with Gasteiger partial charge in [-0.1, -0.05) is 15.9 Å². The first-order valence-electron chi connectivity index (χ1n) is 6.49. The van der Waals surface area contributed by atoms with Crippen LogP contribution >= 0.6 is 15.9 Å². The van der Waals surface area contributed by atoms with Crippen LogP contribution in [0.4, 0.5) is 0 Å². The topological polar surface area (TPSA) is 3.24 Å². The average molecular weight is 272 g/mol. The number of halogens is 1. The summed E-state index contributed by atoms with van der Waals surface area (Å²) in [4.78, 5) is 2.67. The lowest BCUT2D eigenvalue weighted by Crippen LogP contribution is -2.59. The van der Waals surface area contributed by atoms with Crippen LogP contribution in [0.25, 0.3) is 0 Å². The molecule has 86 valence electrons. The van der Waals surface area contributed by atoms with Crippen LogP contribution in [0.5, 0.6) is 0 Å². The molecule has 0 aromatic carbocycles. The summed E-state index contributed by atoms with van der Waals surface area (Å²) < 4.78 is 0. The SMILES string of the molecule is CN(CCBr)C12CC3CC(CC(C3)C1)C2. The largest absolute Gasteiger partial charge is 0.300 e. The monoisotopic (exact) mass is 271 g/mol. The molecule has 0 aromatic rings. The van der Waals surface area contributed by atoms with Crippen molar-refractivity contribution in [3.8, 4) is 0 Å². The van der Waals surface area contributed by atoms with Crippen LogP contribution in [0.3, 0.4) is 0 Å². The number of hydrogen-bond donors (Lipinski definition) is 0. The van der Waals surface area contributed by atoms with Crippen LogP contribution in [0, 0.1) is 17.8 Å². The second-order valence-electron chi connectivity index (χ2n) is 6.25. The molecule has 2 heteroatoms. The van der Waals surface area contributed by atoms with Gasteiger partial charge in [-0.15, -0.1) is 0 Å². The van der Waals surface area contributed by atoms with Crippen molar-refractivity contribution >= 4 is 15.9 Å². The van der Waals surface area contributed by atoms with Gasteiger partial charge in [0.05, 0.1) is 0 Å². The smallest absolute Gasteiger partial charge is 0.0214 e. The quantitative estimate of drug-likeness (QED) is 0.713. The molecule has 4 saturated carbocycles. The van der Waals surface area contributed by atoms with Gasteiger partial charge in [-0.2, -0.15) is 0 Å². The van der Waals surface area contributed by atoms with Gasteiger partial charge in [0, 0.05) is 17.4 Å². The molecule has 15 heavy (non-hydrogen) atoms. The van der Waals surface area contributed by atoms with E-state index >= 15 is 0 Å². The van der Waals surface area contributed by atoms with E-state index in [0.29, 0.717) is 5.54 Å². The Hall–Kier alpha value is 0.440. The van der Waals surface area contributed by atoms with Crippen LogP contribution in [0.2, 0.25) is 0 Å². The zero-order valence-electron chi connectivity index (χ0n) is 9.71. The molecular weight excluding hydrogens is 250 g/mol. The zero-order chi connectivity index (χ0) is 10.5. The maximum Gasteiger partial charge on any atom is 0.0214 e. The fraction of sp³-hybridized carbons (Fsp3) is 1.00. The summed E-state index contributed by atoms with van der Waals surface area (Å²) in [6.07, 6.45) is 9.18. The first-order chi connectivity index (χ1) is 7.22. The van der Waals surface area contributed by atoms with Gasteiger partial charge in [0.2, 0.25) is 0 Å². The summed E-state index contributed by atoms with van der Waals surface area (Å²) >= 11 is 3.59. The van der Waals surface area contributed by atoms with E-state index < -0.39 is 0 Å². The molecule has 4 aliphatic rings. The number of hydrogen-bond acceptors (Lipinski definition) is 1. The molecule has 0 atom stereocenters.